The van der Waals surface area contributed by atoms with Crippen molar-refractivity contribution in [2.24, 2.45) is 105 Å². The number of carbonyl (C=O) groups excluding carboxylic acids is 4. The van der Waals surface area contributed by atoms with Gasteiger partial charge in [0.15, 0.2) is 17.7 Å². The summed E-state index contributed by atoms with van der Waals surface area (Å²) in [6.45, 7) is 16.1. The summed E-state index contributed by atoms with van der Waals surface area (Å²) in [4.78, 5) is 53.2. The van der Waals surface area contributed by atoms with Gasteiger partial charge in [0.2, 0.25) is 0 Å². The van der Waals surface area contributed by atoms with Crippen molar-refractivity contribution in [1.82, 2.24) is 35.1 Å². The van der Waals surface area contributed by atoms with E-state index in [-0.39, 0.29) is 174 Å². The normalized spacial score (nSPS) is 43.7. The van der Waals surface area contributed by atoms with Crippen molar-refractivity contribution in [3.63, 3.8) is 0 Å². The molecule has 0 aromatic carbocycles. The van der Waals surface area contributed by atoms with Crippen molar-refractivity contribution in [2.75, 3.05) is 18.5 Å². The van der Waals surface area contributed by atoms with Crippen LogP contribution >= 0.6 is 15.9 Å². The van der Waals surface area contributed by atoms with Crippen LogP contribution in [0.5, 0.6) is 0 Å². The molecule has 0 radical (unpaired) electrons. The first-order chi connectivity index (χ1) is 51.9. The van der Waals surface area contributed by atoms with E-state index in [0.29, 0.717) is 142 Å². The van der Waals surface area contributed by atoms with Crippen LogP contribution in [0.15, 0.2) is 18.6 Å². The number of nitrogens with zero attached hydrogens (tertiary/aromatic N) is 5. The molecule has 3 aromatic rings. The van der Waals surface area contributed by atoms with E-state index >= 15 is 13.2 Å². The van der Waals surface area contributed by atoms with E-state index in [0.717, 1.165) is 167 Å². The molecule has 0 spiro atoms. The van der Waals surface area contributed by atoms with Crippen LogP contribution in [-0.4, -0.2) is 127 Å². The van der Waals surface area contributed by atoms with Gasteiger partial charge in [-0.2, -0.15) is 15.3 Å². The zero-order chi connectivity index (χ0) is 76.8. The average Bonchev–Trinajstić information content (AvgIpc) is 1.47. The Hall–Kier alpha value is -0.587. The predicted octanol–water partition coefficient (Wildman–Crippen LogP) is 9.11. The summed E-state index contributed by atoms with van der Waals surface area (Å²) in [7, 11) is 0. The second-order valence-electron chi connectivity index (χ2n) is 40.1. The molecule has 5 heterocycles. The third kappa shape index (κ3) is 17.3. The molecule has 16 aliphatic rings. The van der Waals surface area contributed by atoms with Gasteiger partial charge in [-0.05, 0) is 375 Å². The molecule has 23 heteroatoms. The van der Waals surface area contributed by atoms with Gasteiger partial charge in [0.05, 0.1) is 52.5 Å². The maximum atomic E-state index is 16.6. The summed E-state index contributed by atoms with van der Waals surface area (Å²) in [6, 6.07) is 0. The van der Waals surface area contributed by atoms with Gasteiger partial charge in [-0.1, -0.05) is 36.7 Å². The molecule has 12 saturated carbocycles. The van der Waals surface area contributed by atoms with Crippen LogP contribution < -0.4 is 113 Å². The number of hydrogen-bond donors (Lipinski definition) is 5. The Kier molecular flexibility index (Phi) is 27.9. The molecule has 2 aliphatic heterocycles. The van der Waals surface area contributed by atoms with Gasteiger partial charge in [-0.3, -0.25) is 28.8 Å². The molecule has 3 aromatic heterocycles. The largest absolute Gasteiger partial charge is 1.00 e. The molecule has 13 fully saturated rings. The maximum absolute atomic E-state index is 16.6. The summed E-state index contributed by atoms with van der Waals surface area (Å²) >= 11 is 3.37. The molecule has 0 bridgehead atoms. The Morgan fingerprint density at radius 3 is 1.48 bits per heavy atom. The quantitative estimate of drug-likeness (QED) is 0.0581. The summed E-state index contributed by atoms with van der Waals surface area (Å²) in [5.41, 5.74) is 2.48. The molecule has 19 rings (SSSR count). The number of fused-ring (bicyclic) bond motifs is 18. The first kappa shape index (κ1) is 88.2. The van der Waals surface area contributed by atoms with Crippen LogP contribution in [-0.2, 0) is 80.5 Å². The number of H-pyrrole nitrogens is 1. The van der Waals surface area contributed by atoms with Crippen LogP contribution in [0.1, 0.15) is 289 Å². The predicted molar refractivity (Wildman–Crippen MR) is 411 cm³/mol. The standard InChI is InChI=1S/2C28H41FN2O2.C21H32BrFO2.C6H9N3.C5H8O4.2K.H/c1-26(33)13-14-28(29)19(15-26)7-8-20-21-9-10-23(27(21,2)12-11-22(20)28)25(32)17-31-16-18-5-3-4-6-24(18)30-31;1-26(33)13-14-28(29)19(15-26)7-8-20-21-9-10-23(27(21,2)12-11-22(20)28)25(32)17-31-24-6-4-3-5-18(24)16-30-31;1-19(25)9-10-21(23)13(11-19)3-4-14-15-5-6-17(18(24)12-22)20(15,2)8-7-16(14)21;1-2-7-4-6-5(1)3-8-9-6;6-5(9-7)4-2-1-3-8-4;;;/h2*16,19-23,33H,3-15,17H2,1-2H3;13-17,25H,3-12H2,1-2H3;3,7H,1-2,4H2,(H,8,9);4,7H,1-3H2;;;/q;;;;;2*+1;-1/p-1/t2*19-,20+,21+,22+,23-,26-,27+,28-;13-,14+,15+,16?,17-,19-,20+,21-;;;;;/m111...../s1. The van der Waals surface area contributed by atoms with Crippen molar-refractivity contribution < 1.29 is 167 Å². The molecule has 2 unspecified atom stereocenters. The fourth-order valence-corrected chi connectivity index (χ4v) is 28.8. The Bertz CT molecular complexity index is 3740. The zero-order valence-electron chi connectivity index (χ0n) is 69.5. The number of aliphatic hydroxyl groups is 3. The number of nitrogens with one attached hydrogen (secondary N) is 2. The molecule has 17 nitrogen and oxygen atoms in total. The number of Topliss-reactive ketones (excluding diaryl/α,β-unsaturated/α-hetero) is 3. The number of rotatable bonds is 9. The number of ether oxygens (including phenoxy) is 1. The van der Waals surface area contributed by atoms with E-state index in [1.807, 2.05) is 42.5 Å². The van der Waals surface area contributed by atoms with Gasteiger partial charge in [0.25, 0.3) is 0 Å². The van der Waals surface area contributed by atoms with Crippen LogP contribution in [0.25, 0.3) is 0 Å². The summed E-state index contributed by atoms with van der Waals surface area (Å²) in [5.74, 6) is 3.73. The van der Waals surface area contributed by atoms with Gasteiger partial charge in [0, 0.05) is 42.8 Å². The van der Waals surface area contributed by atoms with E-state index in [1.165, 1.54) is 59.5 Å². The molecule has 111 heavy (non-hydrogen) atoms. The molecule has 0 amide bonds. The van der Waals surface area contributed by atoms with Crippen LogP contribution in [0.4, 0.5) is 13.2 Å². The van der Waals surface area contributed by atoms with Crippen molar-refractivity contribution in [2.45, 2.75) is 345 Å². The van der Waals surface area contributed by atoms with Crippen LogP contribution in [0.3, 0.4) is 0 Å². The summed E-state index contributed by atoms with van der Waals surface area (Å²) in [6.07, 6.45) is 40.1. The fraction of sp³-hybridized carbons (Fsp3) is 0.852. The molecule has 1 saturated heterocycles. The molecular formula is C88H131BrF3K2N7O10. The van der Waals surface area contributed by atoms with Gasteiger partial charge in [-0.15, -0.1) is 0 Å². The monoisotopic (exact) mass is 1660 g/mol. The molecule has 14 aliphatic carbocycles. The van der Waals surface area contributed by atoms with E-state index in [1.54, 1.807) is 0 Å². The number of hydrogen-bond acceptors (Lipinski definition) is 14. The average molecular weight is 1660 g/mol. The van der Waals surface area contributed by atoms with E-state index in [2.05, 4.69) is 68.4 Å². The van der Waals surface area contributed by atoms with Crippen molar-refractivity contribution in [1.29, 1.82) is 0 Å². The van der Waals surface area contributed by atoms with Gasteiger partial charge in [0.1, 0.15) is 29.3 Å². The number of halogens is 4. The Morgan fingerprint density at radius 2 is 1.02 bits per heavy atom. The number of aromatic nitrogens is 6. The minimum Gasteiger partial charge on any atom is -1.00 e. The van der Waals surface area contributed by atoms with E-state index in [9.17, 15) is 39.8 Å². The molecule has 608 valence electrons. The SMILES string of the molecule is C[C@@]1(O)CC[C@@]2(F)[C@H](CC[C@H]3[C@@H]4CC[C@H](C(=O)Cn5cc6c(n5)CCCC6)[C@@]4(C)CC[C@@H]32)C1.C[C@@]1(O)CC[C@@]2(F)[C@H](CC[C@H]3[C@@H]4CC[C@H](C(=O)Cn5ncc6c5CCCC6)[C@@]4(C)CC[C@@H]32)C1.C[C@@]1(O)CC[C@]2(F)C3CC[C@]4(C)[C@@H](C(=O)CBr)CC[C@H]4[C@@H]3CC[C@@H]2C1.O=C(O[O-])C1CCCO1.[H-].[K+].[K+].c1n[nH]c2c1CCNC2. The van der Waals surface area contributed by atoms with Crippen molar-refractivity contribution in [3.8, 4) is 0 Å². The number of aromatic amines is 1. The van der Waals surface area contributed by atoms with E-state index < -0.39 is 45.9 Å². The minimum atomic E-state index is -1.11. The number of carbonyl (C=O) groups is 4. The van der Waals surface area contributed by atoms with Gasteiger partial charge < -0.3 is 36.9 Å². The fourth-order valence-electron chi connectivity index (χ4n) is 28.4. The maximum Gasteiger partial charge on any atom is 1.00 e. The first-order valence-electron chi connectivity index (χ1n) is 43.6. The molecule has 5 N–H and O–H groups in total. The second kappa shape index (κ2) is 35.1. The zero-order valence-corrected chi connectivity index (χ0v) is 76.4. The third-order valence-electron chi connectivity index (χ3n) is 34.0. The summed E-state index contributed by atoms with van der Waals surface area (Å²) < 4.78 is 58.1. The molecule has 25 atom stereocenters. The van der Waals surface area contributed by atoms with Gasteiger partial charge in [-0.25, -0.2) is 18.0 Å². The third-order valence-corrected chi connectivity index (χ3v) is 34.5. The topological polar surface area (TPSA) is 247 Å². The van der Waals surface area contributed by atoms with Crippen molar-refractivity contribution in [3.05, 3.63) is 52.4 Å². The molecular weight excluding hydrogens is 1530 g/mol. The van der Waals surface area contributed by atoms with Crippen LogP contribution in [0.2, 0.25) is 0 Å². The smallest absolute Gasteiger partial charge is 1.00 e. The summed E-state index contributed by atoms with van der Waals surface area (Å²) in [5, 5.41) is 61.0. The van der Waals surface area contributed by atoms with Gasteiger partial charge >= 0.3 is 109 Å². The number of alkyl halides is 4. The Labute approximate surface area is 753 Å². The van der Waals surface area contributed by atoms with Crippen molar-refractivity contribution >= 4 is 39.2 Å². The van der Waals surface area contributed by atoms with E-state index in [4.69, 9.17) is 9.84 Å². The second-order valence-corrected chi connectivity index (χ2v) is 40.6. The Morgan fingerprint density at radius 1 is 0.550 bits per heavy atom. The number of aryl methyl sites for hydroxylation is 3. The number of ketones is 3. The van der Waals surface area contributed by atoms with Crippen LogP contribution in [0, 0.1) is 105 Å². The minimum absolute atomic E-state index is 0. The Balaban J connectivity index is 0.000000139. The first-order valence-corrected chi connectivity index (χ1v) is 44.7.